The Balaban J connectivity index is 1.65. The zero-order chi connectivity index (χ0) is 17.7. The molecule has 3 aromatic rings. The number of aryl methyl sites for hydroxylation is 3. The van der Waals surface area contributed by atoms with Crippen molar-refractivity contribution in [3.63, 3.8) is 0 Å². The summed E-state index contributed by atoms with van der Waals surface area (Å²) in [7, 11) is 1.89. The van der Waals surface area contributed by atoms with Crippen LogP contribution in [0.5, 0.6) is 0 Å². The summed E-state index contributed by atoms with van der Waals surface area (Å²) in [6.45, 7) is 7.21. The molecule has 3 aromatic heterocycles. The molecule has 1 aliphatic rings. The van der Waals surface area contributed by atoms with Crippen molar-refractivity contribution in [2.24, 2.45) is 13.0 Å². The molecule has 0 spiro atoms. The van der Waals surface area contributed by atoms with Gasteiger partial charge in [0.2, 0.25) is 0 Å². The molecule has 1 aliphatic carbocycles. The van der Waals surface area contributed by atoms with E-state index in [0.29, 0.717) is 5.92 Å². The molecule has 0 radical (unpaired) electrons. The topological polar surface area (TPSA) is 64.7 Å². The van der Waals surface area contributed by atoms with Crippen LogP contribution in [0.3, 0.4) is 0 Å². The minimum atomic E-state index is -0.0607. The van der Waals surface area contributed by atoms with Gasteiger partial charge in [0.1, 0.15) is 10.6 Å². The van der Waals surface area contributed by atoms with E-state index in [1.165, 1.54) is 16.9 Å². The van der Waals surface area contributed by atoms with Crippen molar-refractivity contribution >= 4 is 33.3 Å². The number of aromatic nitrogens is 4. The fourth-order valence-electron chi connectivity index (χ4n) is 3.54. The molecule has 0 fully saturated rings. The highest BCUT2D eigenvalue weighted by molar-refractivity contribution is 7.20. The monoisotopic (exact) mass is 357 g/mol. The summed E-state index contributed by atoms with van der Waals surface area (Å²) in [4.78, 5) is 14.6. The van der Waals surface area contributed by atoms with Crippen LogP contribution in [0.25, 0.3) is 10.2 Å². The van der Waals surface area contributed by atoms with Crippen molar-refractivity contribution in [3.8, 4) is 0 Å². The van der Waals surface area contributed by atoms with E-state index < -0.39 is 0 Å². The first-order valence-corrected chi connectivity index (χ1v) is 9.58. The maximum Gasteiger partial charge on any atom is 0.266 e. The van der Waals surface area contributed by atoms with E-state index >= 15 is 0 Å². The highest BCUT2D eigenvalue weighted by Gasteiger charge is 2.23. The molecule has 0 aliphatic heterocycles. The van der Waals surface area contributed by atoms with Crippen molar-refractivity contribution in [3.05, 3.63) is 27.9 Å². The summed E-state index contributed by atoms with van der Waals surface area (Å²) in [6, 6.07) is 1.96. The highest BCUT2D eigenvalue weighted by atomic mass is 32.1. The van der Waals surface area contributed by atoms with Gasteiger partial charge in [-0.3, -0.25) is 14.2 Å². The van der Waals surface area contributed by atoms with Crippen LogP contribution in [0.4, 0.5) is 5.82 Å². The third-order valence-corrected chi connectivity index (χ3v) is 5.82. The van der Waals surface area contributed by atoms with Crippen molar-refractivity contribution in [1.82, 2.24) is 19.6 Å². The molecule has 25 heavy (non-hydrogen) atoms. The van der Waals surface area contributed by atoms with Crippen molar-refractivity contribution < 1.29 is 4.79 Å². The molecule has 1 N–H and O–H groups in total. The number of hydrogen-bond acceptors (Lipinski definition) is 4. The first kappa shape index (κ1) is 16.3. The Hall–Kier alpha value is -2.15. The molecule has 6 nitrogen and oxygen atoms in total. The Labute approximate surface area is 150 Å². The van der Waals surface area contributed by atoms with Gasteiger partial charge in [0.25, 0.3) is 5.91 Å². The lowest BCUT2D eigenvalue weighted by atomic mass is 10.2. The Morgan fingerprint density at radius 3 is 2.92 bits per heavy atom. The fraction of sp³-hybridized carbons (Fsp3) is 0.500. The second-order valence-corrected chi connectivity index (χ2v) is 8.23. The maximum atomic E-state index is 12.8. The summed E-state index contributed by atoms with van der Waals surface area (Å²) < 4.78 is 3.82. The highest BCUT2D eigenvalue weighted by Crippen LogP contribution is 2.31. The Morgan fingerprint density at radius 2 is 2.16 bits per heavy atom. The Kier molecular flexibility index (Phi) is 3.91. The molecule has 3 heterocycles. The molecular weight excluding hydrogens is 334 g/mol. The van der Waals surface area contributed by atoms with Gasteiger partial charge in [-0.25, -0.2) is 0 Å². The fourth-order valence-corrected chi connectivity index (χ4v) is 4.61. The Bertz CT molecular complexity index is 962. The van der Waals surface area contributed by atoms with Crippen LogP contribution in [0.2, 0.25) is 0 Å². The smallest absolute Gasteiger partial charge is 0.266 e. The molecule has 4 rings (SSSR count). The summed E-state index contributed by atoms with van der Waals surface area (Å²) in [5.74, 6) is 1.30. The van der Waals surface area contributed by atoms with Gasteiger partial charge in [-0.2, -0.15) is 10.2 Å². The predicted molar refractivity (Wildman–Crippen MR) is 100 cm³/mol. The third-order valence-electron chi connectivity index (χ3n) is 4.67. The van der Waals surface area contributed by atoms with Crippen molar-refractivity contribution in [2.45, 2.75) is 46.6 Å². The zero-order valence-electron chi connectivity index (χ0n) is 15.1. The van der Waals surface area contributed by atoms with E-state index in [1.54, 1.807) is 4.68 Å². The number of fused-ring (bicyclic) bond motifs is 2. The maximum absolute atomic E-state index is 12.8. The number of carbonyl (C=O) groups excluding carboxylic acids is 1. The number of hydrogen-bond donors (Lipinski definition) is 1. The average molecular weight is 357 g/mol. The first-order chi connectivity index (χ1) is 11.9. The van der Waals surface area contributed by atoms with Crippen LogP contribution in [-0.4, -0.2) is 25.5 Å². The third kappa shape index (κ3) is 2.76. The minimum Gasteiger partial charge on any atom is -0.306 e. The minimum absolute atomic E-state index is 0.0607. The summed E-state index contributed by atoms with van der Waals surface area (Å²) in [5, 5.41) is 13.3. The van der Waals surface area contributed by atoms with Crippen LogP contribution >= 0.6 is 11.3 Å². The molecule has 0 aromatic carbocycles. The van der Waals surface area contributed by atoms with E-state index in [1.807, 2.05) is 24.7 Å². The van der Waals surface area contributed by atoms with E-state index in [2.05, 4.69) is 29.4 Å². The lowest BCUT2D eigenvalue weighted by Gasteiger charge is -2.07. The number of nitrogens with one attached hydrogen (secondary N) is 1. The second kappa shape index (κ2) is 5.98. The molecule has 0 saturated heterocycles. The van der Waals surface area contributed by atoms with Crippen molar-refractivity contribution in [2.75, 3.05) is 5.32 Å². The molecule has 7 heteroatoms. The van der Waals surface area contributed by atoms with Gasteiger partial charge >= 0.3 is 0 Å². The van der Waals surface area contributed by atoms with Crippen LogP contribution in [0, 0.1) is 12.8 Å². The van der Waals surface area contributed by atoms with E-state index in [4.69, 9.17) is 0 Å². The van der Waals surface area contributed by atoms with Gasteiger partial charge in [0.05, 0.1) is 16.3 Å². The lowest BCUT2D eigenvalue weighted by molar-refractivity contribution is 0.102. The number of carbonyl (C=O) groups is 1. The normalized spacial score (nSPS) is 13.8. The molecule has 0 atom stereocenters. The van der Waals surface area contributed by atoms with Gasteiger partial charge in [0.15, 0.2) is 0 Å². The number of nitrogens with zero attached hydrogens (tertiary/aromatic N) is 4. The molecule has 0 bridgehead atoms. The lowest BCUT2D eigenvalue weighted by Crippen LogP contribution is -2.14. The predicted octanol–water partition coefficient (Wildman–Crippen LogP) is 3.54. The molecule has 0 unspecified atom stereocenters. The standard InChI is InChI=1S/C18H23N5OS/c1-10(2)9-23-18-13(11(3)20-23)8-15(25-18)17(24)19-16-12-6-5-7-14(12)21-22(16)4/h8,10H,5-7,9H2,1-4H3,(H,19,24). The first-order valence-electron chi connectivity index (χ1n) is 8.77. The molecule has 0 saturated carbocycles. The zero-order valence-corrected chi connectivity index (χ0v) is 15.9. The van der Waals surface area contributed by atoms with Crippen molar-refractivity contribution in [1.29, 1.82) is 0 Å². The summed E-state index contributed by atoms with van der Waals surface area (Å²) in [5.41, 5.74) is 3.30. The molecule has 132 valence electrons. The quantitative estimate of drug-likeness (QED) is 0.777. The largest absolute Gasteiger partial charge is 0.306 e. The summed E-state index contributed by atoms with van der Waals surface area (Å²) in [6.07, 6.45) is 3.12. The average Bonchev–Trinajstić information content (AvgIpc) is 3.26. The number of rotatable bonds is 4. The Morgan fingerprint density at radius 1 is 1.36 bits per heavy atom. The van der Waals surface area contributed by atoms with E-state index in [0.717, 1.165) is 58.1 Å². The number of amides is 1. The number of anilines is 1. The number of thiophene rings is 1. The van der Waals surface area contributed by atoms with Crippen LogP contribution in [0.15, 0.2) is 6.07 Å². The van der Waals surface area contributed by atoms with Crippen LogP contribution in [-0.2, 0) is 26.4 Å². The van der Waals surface area contributed by atoms with Gasteiger partial charge < -0.3 is 5.32 Å². The van der Waals surface area contributed by atoms with E-state index in [9.17, 15) is 4.79 Å². The van der Waals surface area contributed by atoms with Gasteiger partial charge in [0, 0.05) is 24.5 Å². The molecular formula is C18H23N5OS. The SMILES string of the molecule is Cc1nn(CC(C)C)c2sc(C(=O)Nc3c4c(nn3C)CCC4)cc12. The van der Waals surface area contributed by atoms with Gasteiger partial charge in [-0.1, -0.05) is 13.8 Å². The summed E-state index contributed by atoms with van der Waals surface area (Å²) >= 11 is 1.51. The van der Waals surface area contributed by atoms with Crippen LogP contribution in [0.1, 0.15) is 46.9 Å². The van der Waals surface area contributed by atoms with Gasteiger partial charge in [-0.15, -0.1) is 11.3 Å². The van der Waals surface area contributed by atoms with Gasteiger partial charge in [-0.05, 0) is 38.2 Å². The molecule has 1 amide bonds. The second-order valence-electron chi connectivity index (χ2n) is 7.20. The van der Waals surface area contributed by atoms with Crippen LogP contribution < -0.4 is 5.32 Å². The van der Waals surface area contributed by atoms with E-state index in [-0.39, 0.29) is 5.91 Å².